The lowest BCUT2D eigenvalue weighted by Crippen LogP contribution is -2.26. The quantitative estimate of drug-likeness (QED) is 0.688. The van der Waals surface area contributed by atoms with Gasteiger partial charge in [-0.05, 0) is 31.0 Å². The number of aryl methyl sites for hydroxylation is 1. The van der Waals surface area contributed by atoms with E-state index in [-0.39, 0.29) is 0 Å². The van der Waals surface area contributed by atoms with Crippen molar-refractivity contribution in [2.24, 2.45) is 0 Å². The minimum Gasteiger partial charge on any atom is -0.478 e. The third kappa shape index (κ3) is 1.37. The first-order valence-electron chi connectivity index (χ1n) is 4.61. The highest BCUT2D eigenvalue weighted by molar-refractivity contribution is 5.89. The molecule has 2 N–H and O–H groups in total. The lowest BCUT2D eigenvalue weighted by atomic mass is 9.96. The second-order valence-corrected chi connectivity index (χ2v) is 3.45. The van der Waals surface area contributed by atoms with E-state index in [4.69, 9.17) is 5.11 Å². The molecule has 0 atom stereocenters. The molecule has 0 fully saturated rings. The molecule has 0 spiro atoms. The molecule has 1 aliphatic rings. The summed E-state index contributed by atoms with van der Waals surface area (Å²) in [5, 5.41) is 12.2. The van der Waals surface area contributed by atoms with Crippen molar-refractivity contribution in [3.8, 4) is 0 Å². The van der Waals surface area contributed by atoms with E-state index in [1.165, 1.54) is 6.20 Å². The van der Waals surface area contributed by atoms with Crippen molar-refractivity contribution in [2.75, 3.05) is 6.54 Å². The van der Waals surface area contributed by atoms with Crippen LogP contribution < -0.4 is 5.32 Å². The Hall–Kier alpha value is -1.42. The number of carbonyl (C=O) groups is 1. The monoisotopic (exact) mass is 192 g/mol. The van der Waals surface area contributed by atoms with Gasteiger partial charge in [0.15, 0.2) is 0 Å². The van der Waals surface area contributed by atoms with Crippen molar-refractivity contribution in [1.29, 1.82) is 0 Å². The van der Waals surface area contributed by atoms with Gasteiger partial charge in [-0.3, -0.25) is 4.98 Å². The summed E-state index contributed by atoms with van der Waals surface area (Å²) in [4.78, 5) is 15.0. The van der Waals surface area contributed by atoms with Crippen LogP contribution in [0.3, 0.4) is 0 Å². The number of carboxylic acids is 1. The molecule has 4 heteroatoms. The Labute approximate surface area is 82.0 Å². The van der Waals surface area contributed by atoms with Gasteiger partial charge in [0.2, 0.25) is 0 Å². The van der Waals surface area contributed by atoms with Crippen LogP contribution in [0.2, 0.25) is 0 Å². The molecule has 0 amide bonds. The van der Waals surface area contributed by atoms with Gasteiger partial charge in [-0.15, -0.1) is 0 Å². The molecule has 0 aliphatic carbocycles. The molecule has 0 bridgehead atoms. The number of fused-ring (bicyclic) bond motifs is 1. The van der Waals surface area contributed by atoms with Crippen molar-refractivity contribution in [3.05, 3.63) is 28.6 Å². The number of rotatable bonds is 1. The standard InChI is InChI=1S/C10H12N2O2/c1-6-8-4-11-3-2-7(8)9(5-12-6)10(13)14/h5,11H,2-4H2,1H3,(H,13,14). The Bertz CT molecular complexity index is 388. The lowest BCUT2D eigenvalue weighted by Gasteiger charge is -2.20. The highest BCUT2D eigenvalue weighted by Gasteiger charge is 2.19. The summed E-state index contributed by atoms with van der Waals surface area (Å²) < 4.78 is 0. The van der Waals surface area contributed by atoms with E-state index in [9.17, 15) is 4.79 Å². The molecule has 0 aromatic carbocycles. The Balaban J connectivity index is 2.59. The lowest BCUT2D eigenvalue weighted by molar-refractivity contribution is 0.0695. The van der Waals surface area contributed by atoms with Gasteiger partial charge in [-0.2, -0.15) is 0 Å². The van der Waals surface area contributed by atoms with E-state index >= 15 is 0 Å². The molecule has 1 aromatic heterocycles. The molecule has 0 saturated heterocycles. The number of nitrogens with one attached hydrogen (secondary N) is 1. The number of hydrogen-bond acceptors (Lipinski definition) is 3. The van der Waals surface area contributed by atoms with Gasteiger partial charge in [0, 0.05) is 18.4 Å². The van der Waals surface area contributed by atoms with Gasteiger partial charge in [-0.25, -0.2) is 4.79 Å². The Morgan fingerprint density at radius 2 is 2.36 bits per heavy atom. The average molecular weight is 192 g/mol. The predicted octanol–water partition coefficient (Wildman–Crippen LogP) is 0.734. The van der Waals surface area contributed by atoms with Crippen molar-refractivity contribution in [3.63, 3.8) is 0 Å². The number of aromatic carboxylic acids is 1. The zero-order valence-corrected chi connectivity index (χ0v) is 8.00. The third-order valence-corrected chi connectivity index (χ3v) is 2.60. The predicted molar refractivity (Wildman–Crippen MR) is 51.3 cm³/mol. The second kappa shape index (κ2) is 3.38. The van der Waals surface area contributed by atoms with Crippen molar-refractivity contribution >= 4 is 5.97 Å². The Morgan fingerprint density at radius 3 is 3.07 bits per heavy atom. The zero-order chi connectivity index (χ0) is 10.1. The van der Waals surface area contributed by atoms with E-state index in [1.807, 2.05) is 6.92 Å². The molecular weight excluding hydrogens is 180 g/mol. The zero-order valence-electron chi connectivity index (χ0n) is 8.00. The normalized spacial score (nSPS) is 14.9. The summed E-state index contributed by atoms with van der Waals surface area (Å²) >= 11 is 0. The second-order valence-electron chi connectivity index (χ2n) is 3.45. The minimum absolute atomic E-state index is 0.354. The number of pyridine rings is 1. The molecule has 4 nitrogen and oxygen atoms in total. The van der Waals surface area contributed by atoms with Crippen LogP contribution in [0.15, 0.2) is 6.20 Å². The number of aromatic nitrogens is 1. The maximum atomic E-state index is 10.9. The SMILES string of the molecule is Cc1ncc(C(=O)O)c2c1CNCC2. The molecule has 1 aliphatic heterocycles. The van der Waals surface area contributed by atoms with Gasteiger partial charge in [0.05, 0.1) is 5.56 Å². The third-order valence-electron chi connectivity index (χ3n) is 2.60. The Morgan fingerprint density at radius 1 is 1.57 bits per heavy atom. The molecule has 14 heavy (non-hydrogen) atoms. The number of nitrogens with zero attached hydrogens (tertiary/aromatic N) is 1. The molecular formula is C10H12N2O2. The highest BCUT2D eigenvalue weighted by Crippen LogP contribution is 2.20. The first-order chi connectivity index (χ1) is 6.70. The van der Waals surface area contributed by atoms with Gasteiger partial charge < -0.3 is 10.4 Å². The topological polar surface area (TPSA) is 62.2 Å². The van der Waals surface area contributed by atoms with E-state index in [0.29, 0.717) is 5.56 Å². The molecule has 0 unspecified atom stereocenters. The number of hydrogen-bond donors (Lipinski definition) is 2. The average Bonchev–Trinajstić information content (AvgIpc) is 2.18. The largest absolute Gasteiger partial charge is 0.478 e. The first-order valence-corrected chi connectivity index (χ1v) is 4.61. The fraction of sp³-hybridized carbons (Fsp3) is 0.400. The summed E-state index contributed by atoms with van der Waals surface area (Å²) in [5.41, 5.74) is 3.28. The van der Waals surface area contributed by atoms with Gasteiger partial charge in [-0.1, -0.05) is 0 Å². The maximum Gasteiger partial charge on any atom is 0.337 e. The van der Waals surface area contributed by atoms with Crippen LogP contribution >= 0.6 is 0 Å². The maximum absolute atomic E-state index is 10.9. The number of carboxylic acid groups (broad SMARTS) is 1. The van der Waals surface area contributed by atoms with Gasteiger partial charge >= 0.3 is 5.97 Å². The molecule has 0 radical (unpaired) electrons. The molecule has 1 aromatic rings. The van der Waals surface area contributed by atoms with E-state index in [1.54, 1.807) is 0 Å². The van der Waals surface area contributed by atoms with Crippen molar-refractivity contribution in [2.45, 2.75) is 19.9 Å². The van der Waals surface area contributed by atoms with Crippen LogP contribution in [0.25, 0.3) is 0 Å². The van der Waals surface area contributed by atoms with Crippen LogP contribution in [0.1, 0.15) is 27.2 Å². The molecule has 0 saturated carbocycles. The summed E-state index contributed by atoms with van der Waals surface area (Å²) in [6.45, 7) is 3.49. The van der Waals surface area contributed by atoms with Crippen LogP contribution in [-0.2, 0) is 13.0 Å². The first kappa shape index (κ1) is 9.15. The molecule has 2 rings (SSSR count). The van der Waals surface area contributed by atoms with Crippen molar-refractivity contribution < 1.29 is 9.90 Å². The summed E-state index contributed by atoms with van der Waals surface area (Å²) in [6.07, 6.45) is 2.24. The van der Waals surface area contributed by atoms with Crippen LogP contribution in [-0.4, -0.2) is 22.6 Å². The fourth-order valence-corrected chi connectivity index (χ4v) is 1.83. The Kier molecular flexibility index (Phi) is 2.21. The minimum atomic E-state index is -0.879. The smallest absolute Gasteiger partial charge is 0.337 e. The highest BCUT2D eigenvalue weighted by atomic mass is 16.4. The van der Waals surface area contributed by atoms with Crippen molar-refractivity contribution in [1.82, 2.24) is 10.3 Å². The van der Waals surface area contributed by atoms with E-state index < -0.39 is 5.97 Å². The summed E-state index contributed by atoms with van der Waals surface area (Å²) in [6, 6.07) is 0. The van der Waals surface area contributed by atoms with E-state index in [0.717, 1.165) is 36.3 Å². The van der Waals surface area contributed by atoms with Gasteiger partial charge in [0.1, 0.15) is 0 Å². The summed E-state index contributed by atoms with van der Waals surface area (Å²) in [5.74, 6) is -0.879. The summed E-state index contributed by atoms with van der Waals surface area (Å²) in [7, 11) is 0. The van der Waals surface area contributed by atoms with Crippen LogP contribution in [0.5, 0.6) is 0 Å². The van der Waals surface area contributed by atoms with Crippen LogP contribution in [0, 0.1) is 6.92 Å². The fourth-order valence-electron chi connectivity index (χ4n) is 1.83. The van der Waals surface area contributed by atoms with E-state index in [2.05, 4.69) is 10.3 Å². The van der Waals surface area contributed by atoms with Crippen LogP contribution in [0.4, 0.5) is 0 Å². The van der Waals surface area contributed by atoms with Gasteiger partial charge in [0.25, 0.3) is 0 Å². The molecule has 74 valence electrons. The molecule has 2 heterocycles.